The Balaban J connectivity index is 1.40. The van der Waals surface area contributed by atoms with Gasteiger partial charge in [0.2, 0.25) is 10.0 Å². The number of sulfonamides is 1. The summed E-state index contributed by atoms with van der Waals surface area (Å²) in [6.07, 6.45) is 3.79. The minimum atomic E-state index is -3.61. The molecule has 1 aromatic heterocycles. The molecule has 0 bridgehead atoms. The molecular weight excluding hydrogens is 466 g/mol. The van der Waals surface area contributed by atoms with E-state index >= 15 is 0 Å². The number of para-hydroxylation sites is 2. The molecule has 3 aromatic rings. The van der Waals surface area contributed by atoms with Crippen molar-refractivity contribution in [1.29, 1.82) is 0 Å². The molecule has 0 radical (unpaired) electrons. The van der Waals surface area contributed by atoms with Crippen LogP contribution in [-0.4, -0.2) is 38.3 Å². The van der Waals surface area contributed by atoms with E-state index in [1.807, 2.05) is 31.2 Å². The molecule has 6 nitrogen and oxygen atoms in total. The van der Waals surface area contributed by atoms with Crippen molar-refractivity contribution < 1.29 is 13.2 Å². The Morgan fingerprint density at radius 1 is 1.00 bits per heavy atom. The van der Waals surface area contributed by atoms with Crippen LogP contribution in [0, 0.1) is 6.92 Å². The summed E-state index contributed by atoms with van der Waals surface area (Å²) >= 11 is 1.80. The molecule has 0 atom stereocenters. The predicted octanol–water partition coefficient (Wildman–Crippen LogP) is 5.05. The highest BCUT2D eigenvalue weighted by atomic mass is 32.2. The van der Waals surface area contributed by atoms with Crippen molar-refractivity contribution in [3.05, 3.63) is 75.5 Å². The normalized spacial score (nSPS) is 16.8. The third kappa shape index (κ3) is 4.50. The first kappa shape index (κ1) is 23.1. The van der Waals surface area contributed by atoms with Crippen molar-refractivity contribution in [3.8, 4) is 0 Å². The lowest BCUT2D eigenvalue weighted by atomic mass is 10.1. The van der Waals surface area contributed by atoms with Gasteiger partial charge in [-0.15, -0.1) is 11.3 Å². The molecular formula is C26H29N3O3S2. The molecule has 8 heteroatoms. The zero-order chi connectivity index (χ0) is 23.7. The van der Waals surface area contributed by atoms with Crippen LogP contribution in [0.1, 0.15) is 45.6 Å². The average molecular weight is 496 g/mol. The molecule has 1 fully saturated rings. The maximum atomic E-state index is 13.3. The predicted molar refractivity (Wildman–Crippen MR) is 137 cm³/mol. The molecule has 0 aliphatic carbocycles. The van der Waals surface area contributed by atoms with E-state index in [0.717, 1.165) is 55.7 Å². The number of anilines is 2. The van der Waals surface area contributed by atoms with E-state index in [2.05, 4.69) is 21.7 Å². The first-order valence-corrected chi connectivity index (χ1v) is 14.1. The highest BCUT2D eigenvalue weighted by Gasteiger charge is 2.27. The van der Waals surface area contributed by atoms with E-state index in [1.165, 1.54) is 20.8 Å². The number of nitrogens with one attached hydrogen (secondary N) is 1. The Morgan fingerprint density at radius 3 is 2.62 bits per heavy atom. The lowest BCUT2D eigenvalue weighted by Gasteiger charge is -2.30. The summed E-state index contributed by atoms with van der Waals surface area (Å²) in [5.41, 5.74) is 4.17. The van der Waals surface area contributed by atoms with E-state index in [9.17, 15) is 13.2 Å². The molecule has 2 aromatic carbocycles. The van der Waals surface area contributed by atoms with Gasteiger partial charge in [-0.2, -0.15) is 4.31 Å². The molecule has 2 aliphatic rings. The molecule has 178 valence electrons. The number of aryl methyl sites for hydroxylation is 1. The highest BCUT2D eigenvalue weighted by Crippen LogP contribution is 2.33. The minimum absolute atomic E-state index is 0.180. The largest absolute Gasteiger partial charge is 0.365 e. The lowest BCUT2D eigenvalue weighted by molar-refractivity contribution is 0.102. The molecule has 1 saturated heterocycles. The Kier molecular flexibility index (Phi) is 6.46. The Labute approximate surface area is 205 Å². The number of carbonyl (C=O) groups excluding carboxylic acids is 1. The lowest BCUT2D eigenvalue weighted by Crippen LogP contribution is -2.35. The minimum Gasteiger partial charge on any atom is -0.365 e. The molecule has 1 N–H and O–H groups in total. The number of rotatable bonds is 5. The molecule has 34 heavy (non-hydrogen) atoms. The van der Waals surface area contributed by atoms with Crippen LogP contribution in [0.4, 0.5) is 11.4 Å². The topological polar surface area (TPSA) is 69.7 Å². The van der Waals surface area contributed by atoms with Gasteiger partial charge in [0.15, 0.2) is 0 Å². The van der Waals surface area contributed by atoms with Gasteiger partial charge in [-0.25, -0.2) is 8.42 Å². The SMILES string of the molecule is Cc1ccc(S(=O)(=O)N2CCCCC2)cc1C(=O)Nc1ccccc1N1CCc2sccc2C1. The number of nitrogens with zero attached hydrogens (tertiary/aromatic N) is 2. The highest BCUT2D eigenvalue weighted by molar-refractivity contribution is 7.89. The monoisotopic (exact) mass is 495 g/mol. The van der Waals surface area contributed by atoms with Crippen LogP contribution in [0.25, 0.3) is 0 Å². The van der Waals surface area contributed by atoms with Gasteiger partial charge in [0, 0.05) is 36.6 Å². The quantitative estimate of drug-likeness (QED) is 0.538. The second kappa shape index (κ2) is 9.52. The molecule has 0 unspecified atom stereocenters. The van der Waals surface area contributed by atoms with Crippen LogP contribution < -0.4 is 10.2 Å². The van der Waals surface area contributed by atoms with E-state index in [-0.39, 0.29) is 10.8 Å². The third-order valence-electron chi connectivity index (χ3n) is 6.71. The summed E-state index contributed by atoms with van der Waals surface area (Å²) in [5, 5.41) is 5.19. The van der Waals surface area contributed by atoms with Crippen molar-refractivity contribution in [2.75, 3.05) is 29.9 Å². The first-order chi connectivity index (χ1) is 16.4. The number of hydrogen-bond donors (Lipinski definition) is 1. The summed E-state index contributed by atoms with van der Waals surface area (Å²) in [6.45, 7) is 4.61. The summed E-state index contributed by atoms with van der Waals surface area (Å²) in [4.78, 5) is 17.2. The van der Waals surface area contributed by atoms with Gasteiger partial charge in [-0.05, 0) is 73.0 Å². The van der Waals surface area contributed by atoms with Crippen LogP contribution in [0.5, 0.6) is 0 Å². The van der Waals surface area contributed by atoms with Crippen molar-refractivity contribution in [1.82, 2.24) is 4.31 Å². The molecule has 0 spiro atoms. The summed E-state index contributed by atoms with van der Waals surface area (Å²) in [6, 6.07) is 14.8. The summed E-state index contributed by atoms with van der Waals surface area (Å²) < 4.78 is 27.9. The zero-order valence-electron chi connectivity index (χ0n) is 19.3. The van der Waals surface area contributed by atoms with Crippen molar-refractivity contribution >= 4 is 38.6 Å². The van der Waals surface area contributed by atoms with E-state index < -0.39 is 10.0 Å². The Morgan fingerprint density at radius 2 is 1.79 bits per heavy atom. The van der Waals surface area contributed by atoms with Gasteiger partial charge in [0.25, 0.3) is 5.91 Å². The van der Waals surface area contributed by atoms with E-state index in [1.54, 1.807) is 23.5 Å². The Hall–Kier alpha value is -2.68. The van der Waals surface area contributed by atoms with Gasteiger partial charge in [0.1, 0.15) is 0 Å². The van der Waals surface area contributed by atoms with Crippen LogP contribution >= 0.6 is 11.3 Å². The summed E-state index contributed by atoms with van der Waals surface area (Å²) in [5.74, 6) is -0.297. The number of benzene rings is 2. The van der Waals surface area contributed by atoms with Gasteiger partial charge in [-0.3, -0.25) is 4.79 Å². The fraction of sp³-hybridized carbons (Fsp3) is 0.346. The van der Waals surface area contributed by atoms with Crippen molar-refractivity contribution in [3.63, 3.8) is 0 Å². The Bertz CT molecular complexity index is 1310. The van der Waals surface area contributed by atoms with Crippen LogP contribution in [0.2, 0.25) is 0 Å². The summed E-state index contributed by atoms with van der Waals surface area (Å²) in [7, 11) is -3.61. The number of hydrogen-bond acceptors (Lipinski definition) is 5. The molecule has 5 rings (SSSR count). The van der Waals surface area contributed by atoms with Gasteiger partial charge in [0.05, 0.1) is 16.3 Å². The van der Waals surface area contributed by atoms with Gasteiger partial charge in [-0.1, -0.05) is 24.6 Å². The van der Waals surface area contributed by atoms with Crippen LogP contribution in [-0.2, 0) is 23.0 Å². The number of thiophene rings is 1. The van der Waals surface area contributed by atoms with E-state index in [0.29, 0.717) is 18.7 Å². The maximum Gasteiger partial charge on any atom is 0.256 e. The van der Waals surface area contributed by atoms with Crippen molar-refractivity contribution in [2.45, 2.75) is 44.0 Å². The number of amides is 1. The van der Waals surface area contributed by atoms with Gasteiger partial charge >= 0.3 is 0 Å². The second-order valence-corrected chi connectivity index (χ2v) is 11.9. The van der Waals surface area contributed by atoms with Crippen LogP contribution in [0.3, 0.4) is 0 Å². The first-order valence-electron chi connectivity index (χ1n) is 11.7. The number of piperidine rings is 1. The molecule has 3 heterocycles. The third-order valence-corrected chi connectivity index (χ3v) is 9.62. The molecule has 0 saturated carbocycles. The van der Waals surface area contributed by atoms with Gasteiger partial charge < -0.3 is 10.2 Å². The maximum absolute atomic E-state index is 13.3. The smallest absolute Gasteiger partial charge is 0.256 e. The molecule has 1 amide bonds. The zero-order valence-corrected chi connectivity index (χ0v) is 20.9. The fourth-order valence-electron chi connectivity index (χ4n) is 4.76. The second-order valence-electron chi connectivity index (χ2n) is 8.95. The molecule has 2 aliphatic heterocycles. The average Bonchev–Trinajstić information content (AvgIpc) is 3.33. The fourth-order valence-corrected chi connectivity index (χ4v) is 7.19. The standard InChI is InChI=1S/C26H29N3O3S2/c1-19-9-10-21(34(31,32)29-13-5-2-6-14-29)17-22(19)26(30)27-23-7-3-4-8-24(23)28-15-11-25-20(18-28)12-16-33-25/h3-4,7-10,12,16-17H,2,5-6,11,13-15,18H2,1H3,(H,27,30). The van der Waals surface area contributed by atoms with Crippen LogP contribution in [0.15, 0.2) is 58.8 Å². The van der Waals surface area contributed by atoms with Crippen molar-refractivity contribution in [2.24, 2.45) is 0 Å². The van der Waals surface area contributed by atoms with E-state index in [4.69, 9.17) is 0 Å². The number of carbonyl (C=O) groups is 1. The number of fused-ring (bicyclic) bond motifs is 1.